The second kappa shape index (κ2) is 9.41. The molecule has 0 fully saturated rings. The van der Waals surface area contributed by atoms with Gasteiger partial charge in [0, 0.05) is 31.7 Å². The van der Waals surface area contributed by atoms with Crippen LogP contribution in [0, 0.1) is 0 Å². The molecule has 1 amide bonds. The lowest BCUT2D eigenvalue weighted by atomic mass is 10.2. The molecular weight excluding hydrogens is 370 g/mol. The van der Waals surface area contributed by atoms with Crippen molar-refractivity contribution in [3.05, 3.63) is 78.0 Å². The molecule has 8 nitrogen and oxygen atoms in total. The molecule has 29 heavy (non-hydrogen) atoms. The van der Waals surface area contributed by atoms with Gasteiger partial charge in [0.2, 0.25) is 0 Å². The minimum absolute atomic E-state index is 0.203. The van der Waals surface area contributed by atoms with E-state index in [-0.39, 0.29) is 11.6 Å². The molecule has 2 heterocycles. The van der Waals surface area contributed by atoms with Gasteiger partial charge in [0.15, 0.2) is 0 Å². The number of likely N-dealkylation sites (N-methyl/N-ethyl adjacent to an activating group) is 1. The Hall–Kier alpha value is -3.81. The van der Waals surface area contributed by atoms with Crippen LogP contribution in [0.15, 0.2) is 61.2 Å². The highest BCUT2D eigenvalue weighted by Gasteiger charge is 2.14. The molecule has 3 rings (SSSR count). The fraction of sp³-hybridized carbons (Fsp3) is 0.190. The number of amides is 1. The fourth-order valence-corrected chi connectivity index (χ4v) is 2.64. The Kier molecular flexibility index (Phi) is 6.47. The van der Waals surface area contributed by atoms with Crippen LogP contribution in [0.5, 0.6) is 0 Å². The van der Waals surface area contributed by atoms with Crippen LogP contribution in [0.2, 0.25) is 0 Å². The Labute approximate surface area is 168 Å². The van der Waals surface area contributed by atoms with E-state index in [1.165, 1.54) is 19.5 Å². The number of ether oxygens (including phenoxy) is 1. The maximum atomic E-state index is 12.5. The first-order valence-corrected chi connectivity index (χ1v) is 8.98. The lowest BCUT2D eigenvalue weighted by Gasteiger charge is -2.16. The lowest BCUT2D eigenvalue weighted by molar-refractivity contribution is 0.0600. The smallest absolute Gasteiger partial charge is 0.337 e. The van der Waals surface area contributed by atoms with E-state index in [1.807, 2.05) is 12.1 Å². The molecule has 0 aliphatic heterocycles. The summed E-state index contributed by atoms with van der Waals surface area (Å²) in [6.45, 7) is 0.560. The molecule has 148 valence electrons. The zero-order chi connectivity index (χ0) is 20.6. The Bertz CT molecular complexity index is 977. The van der Waals surface area contributed by atoms with Gasteiger partial charge < -0.3 is 15.0 Å². The summed E-state index contributed by atoms with van der Waals surface area (Å²) in [5.41, 5.74) is 2.46. The number of methoxy groups -OCH3 is 1. The van der Waals surface area contributed by atoms with Crippen molar-refractivity contribution in [1.82, 2.24) is 19.9 Å². The van der Waals surface area contributed by atoms with E-state index >= 15 is 0 Å². The summed E-state index contributed by atoms with van der Waals surface area (Å²) in [5, 5.41) is 3.05. The number of pyridine rings is 1. The molecular formula is C21H21N5O3. The van der Waals surface area contributed by atoms with Crippen LogP contribution in [0.4, 0.5) is 11.5 Å². The predicted octanol–water partition coefficient (Wildman–Crippen LogP) is 2.72. The van der Waals surface area contributed by atoms with Crippen molar-refractivity contribution in [1.29, 1.82) is 0 Å². The average Bonchev–Trinajstić information content (AvgIpc) is 2.78. The zero-order valence-corrected chi connectivity index (χ0v) is 16.2. The number of hydrogen-bond donors (Lipinski definition) is 1. The Balaban J connectivity index is 1.60. The third kappa shape index (κ3) is 5.35. The van der Waals surface area contributed by atoms with Gasteiger partial charge in [0.05, 0.1) is 25.1 Å². The van der Waals surface area contributed by atoms with E-state index in [0.717, 1.165) is 12.0 Å². The molecule has 0 saturated carbocycles. The van der Waals surface area contributed by atoms with Gasteiger partial charge >= 0.3 is 5.97 Å². The molecule has 1 N–H and O–H groups in total. The van der Waals surface area contributed by atoms with E-state index in [9.17, 15) is 9.59 Å². The summed E-state index contributed by atoms with van der Waals surface area (Å²) >= 11 is 0. The largest absolute Gasteiger partial charge is 0.465 e. The number of hydrogen-bond acceptors (Lipinski definition) is 7. The normalized spacial score (nSPS) is 10.3. The molecule has 0 radical (unpaired) electrons. The van der Waals surface area contributed by atoms with Crippen LogP contribution in [0.1, 0.15) is 26.4 Å². The van der Waals surface area contributed by atoms with Crippen molar-refractivity contribution in [2.24, 2.45) is 0 Å². The second-order valence-electron chi connectivity index (χ2n) is 6.32. The molecule has 8 heteroatoms. The summed E-state index contributed by atoms with van der Waals surface area (Å²) in [6, 6.07) is 10.7. The molecule has 0 saturated heterocycles. The maximum Gasteiger partial charge on any atom is 0.337 e. The molecule has 0 unspecified atom stereocenters. The molecule has 0 aliphatic carbocycles. The van der Waals surface area contributed by atoms with Crippen LogP contribution in [0.25, 0.3) is 0 Å². The number of aromatic nitrogens is 3. The van der Waals surface area contributed by atoms with Crippen LogP contribution >= 0.6 is 0 Å². The number of carbonyl (C=O) groups excluding carboxylic acids is 2. The van der Waals surface area contributed by atoms with Crippen molar-refractivity contribution in [2.75, 3.05) is 26.0 Å². The van der Waals surface area contributed by atoms with E-state index in [1.54, 1.807) is 48.6 Å². The van der Waals surface area contributed by atoms with Gasteiger partial charge in [-0.3, -0.25) is 9.78 Å². The maximum absolute atomic E-state index is 12.5. The van der Waals surface area contributed by atoms with Crippen molar-refractivity contribution >= 4 is 23.4 Å². The molecule has 1 aromatic carbocycles. The topological polar surface area (TPSA) is 97.3 Å². The minimum Gasteiger partial charge on any atom is -0.465 e. The summed E-state index contributed by atoms with van der Waals surface area (Å²) in [7, 11) is 3.06. The second-order valence-corrected chi connectivity index (χ2v) is 6.32. The van der Waals surface area contributed by atoms with Gasteiger partial charge in [-0.25, -0.2) is 14.8 Å². The summed E-state index contributed by atoms with van der Waals surface area (Å²) in [6.07, 6.45) is 7.10. The van der Waals surface area contributed by atoms with Gasteiger partial charge in [0.1, 0.15) is 11.5 Å². The molecule has 2 aromatic heterocycles. The minimum atomic E-state index is -0.421. The SMILES string of the molecule is COC(=O)c1cccc(Nc2cnc(C(=O)N(C)CCc3ccncc3)cn2)c1. The third-order valence-electron chi connectivity index (χ3n) is 4.26. The Morgan fingerprint density at radius 1 is 1.10 bits per heavy atom. The number of rotatable bonds is 7. The number of esters is 1. The first-order valence-electron chi connectivity index (χ1n) is 8.98. The van der Waals surface area contributed by atoms with E-state index < -0.39 is 5.97 Å². The molecule has 0 spiro atoms. The standard InChI is InChI=1S/C21H21N5O3/c1-26(11-8-15-6-9-22-10-7-15)20(27)18-13-24-19(14-23-18)25-17-5-3-4-16(12-17)21(28)29-2/h3-7,9-10,12-14H,8,11H2,1-2H3,(H,24,25). The number of benzene rings is 1. The average molecular weight is 391 g/mol. The zero-order valence-electron chi connectivity index (χ0n) is 16.2. The summed E-state index contributed by atoms with van der Waals surface area (Å²) < 4.78 is 4.71. The highest BCUT2D eigenvalue weighted by atomic mass is 16.5. The lowest BCUT2D eigenvalue weighted by Crippen LogP contribution is -2.29. The van der Waals surface area contributed by atoms with Gasteiger partial charge in [-0.15, -0.1) is 0 Å². The van der Waals surface area contributed by atoms with Crippen LogP contribution < -0.4 is 5.32 Å². The summed E-state index contributed by atoms with van der Waals surface area (Å²) in [5.74, 6) is -0.163. The third-order valence-corrected chi connectivity index (χ3v) is 4.26. The van der Waals surface area contributed by atoms with E-state index in [0.29, 0.717) is 23.6 Å². The van der Waals surface area contributed by atoms with Crippen molar-refractivity contribution in [3.63, 3.8) is 0 Å². The fourth-order valence-electron chi connectivity index (χ4n) is 2.64. The van der Waals surface area contributed by atoms with Crippen LogP contribution in [-0.2, 0) is 11.2 Å². The van der Waals surface area contributed by atoms with Gasteiger partial charge in [-0.1, -0.05) is 6.07 Å². The highest BCUT2D eigenvalue weighted by molar-refractivity contribution is 5.92. The number of nitrogens with one attached hydrogen (secondary N) is 1. The van der Waals surface area contributed by atoms with E-state index in [2.05, 4.69) is 20.3 Å². The number of anilines is 2. The van der Waals surface area contributed by atoms with E-state index in [4.69, 9.17) is 4.74 Å². The first-order chi connectivity index (χ1) is 14.1. The Morgan fingerprint density at radius 3 is 2.59 bits per heavy atom. The van der Waals surface area contributed by atoms with Crippen molar-refractivity contribution in [3.8, 4) is 0 Å². The monoisotopic (exact) mass is 391 g/mol. The Morgan fingerprint density at radius 2 is 1.90 bits per heavy atom. The number of carbonyl (C=O) groups is 2. The van der Waals surface area contributed by atoms with Crippen LogP contribution in [-0.4, -0.2) is 52.4 Å². The molecule has 0 aliphatic rings. The van der Waals surface area contributed by atoms with Crippen molar-refractivity contribution < 1.29 is 14.3 Å². The molecule has 0 atom stereocenters. The predicted molar refractivity (Wildman–Crippen MR) is 108 cm³/mol. The summed E-state index contributed by atoms with van der Waals surface area (Å²) in [4.78, 5) is 38.2. The van der Waals surface area contributed by atoms with Crippen LogP contribution in [0.3, 0.4) is 0 Å². The first kappa shape index (κ1) is 19.9. The van der Waals surface area contributed by atoms with Crippen molar-refractivity contribution in [2.45, 2.75) is 6.42 Å². The molecule has 0 bridgehead atoms. The highest BCUT2D eigenvalue weighted by Crippen LogP contribution is 2.16. The number of nitrogens with zero attached hydrogens (tertiary/aromatic N) is 4. The quantitative estimate of drug-likeness (QED) is 0.619. The van der Waals surface area contributed by atoms with Gasteiger partial charge in [-0.05, 0) is 42.3 Å². The van der Waals surface area contributed by atoms with Gasteiger partial charge in [-0.2, -0.15) is 0 Å². The van der Waals surface area contributed by atoms with Gasteiger partial charge in [0.25, 0.3) is 5.91 Å². The molecule has 3 aromatic rings.